The Morgan fingerprint density at radius 1 is 1.50 bits per heavy atom. The van der Waals surface area contributed by atoms with E-state index in [0.29, 0.717) is 25.0 Å². The molecular weight excluding hydrogens is 180 g/mol. The number of carbonyl (C=O) groups is 1. The second-order valence-corrected chi connectivity index (χ2v) is 4.33. The Labute approximate surface area is 85.1 Å². The summed E-state index contributed by atoms with van der Waals surface area (Å²) in [6, 6.07) is 0.339. The number of carbonyl (C=O) groups excluding carboxylic acids is 1. The molecule has 4 nitrogen and oxygen atoms in total. The zero-order valence-electron chi connectivity index (χ0n) is 8.92. The Morgan fingerprint density at radius 3 is 2.64 bits per heavy atom. The van der Waals surface area contributed by atoms with Crippen molar-refractivity contribution in [2.24, 2.45) is 5.92 Å². The molecular formula is C10H20N2O2. The van der Waals surface area contributed by atoms with E-state index in [4.69, 9.17) is 5.11 Å². The highest BCUT2D eigenvalue weighted by Gasteiger charge is 2.26. The summed E-state index contributed by atoms with van der Waals surface area (Å²) in [5.74, 6) is 0.521. The molecule has 1 saturated carbocycles. The van der Waals surface area contributed by atoms with Crippen molar-refractivity contribution in [1.29, 1.82) is 0 Å². The van der Waals surface area contributed by atoms with Gasteiger partial charge in [0.15, 0.2) is 0 Å². The largest absolute Gasteiger partial charge is 0.393 e. The molecule has 82 valence electrons. The van der Waals surface area contributed by atoms with Crippen LogP contribution in [-0.2, 0) is 4.79 Å². The lowest BCUT2D eigenvalue weighted by molar-refractivity contribution is -0.120. The molecule has 1 aliphatic carbocycles. The van der Waals surface area contributed by atoms with Crippen LogP contribution in [0.4, 0.5) is 0 Å². The van der Waals surface area contributed by atoms with Crippen LogP contribution in [0.25, 0.3) is 0 Å². The molecule has 0 saturated heterocycles. The van der Waals surface area contributed by atoms with Gasteiger partial charge in [-0.2, -0.15) is 0 Å². The van der Waals surface area contributed by atoms with Crippen LogP contribution < -0.4 is 10.6 Å². The van der Waals surface area contributed by atoms with E-state index in [-0.39, 0.29) is 12.0 Å². The number of hydrogen-bond donors (Lipinski definition) is 3. The monoisotopic (exact) mass is 200 g/mol. The quantitative estimate of drug-likeness (QED) is 0.579. The van der Waals surface area contributed by atoms with Crippen molar-refractivity contribution in [3.8, 4) is 0 Å². The summed E-state index contributed by atoms with van der Waals surface area (Å²) >= 11 is 0. The number of rotatable bonds is 5. The molecule has 0 bridgehead atoms. The summed E-state index contributed by atoms with van der Waals surface area (Å²) in [4.78, 5) is 11.2. The molecule has 0 aromatic heterocycles. The van der Waals surface area contributed by atoms with Crippen LogP contribution in [-0.4, -0.2) is 36.2 Å². The maximum Gasteiger partial charge on any atom is 0.233 e. The van der Waals surface area contributed by atoms with Crippen molar-refractivity contribution in [2.45, 2.75) is 38.8 Å². The second-order valence-electron chi connectivity index (χ2n) is 4.33. The van der Waals surface area contributed by atoms with Gasteiger partial charge < -0.3 is 15.7 Å². The van der Waals surface area contributed by atoms with Gasteiger partial charge in [0.1, 0.15) is 0 Å². The van der Waals surface area contributed by atoms with Crippen LogP contribution in [0.2, 0.25) is 0 Å². The topological polar surface area (TPSA) is 61.4 Å². The minimum Gasteiger partial charge on any atom is -0.393 e. The van der Waals surface area contributed by atoms with E-state index in [9.17, 15) is 4.79 Å². The van der Waals surface area contributed by atoms with Crippen LogP contribution in [0, 0.1) is 5.92 Å². The van der Waals surface area contributed by atoms with Crippen molar-refractivity contribution in [1.82, 2.24) is 10.6 Å². The summed E-state index contributed by atoms with van der Waals surface area (Å²) in [5, 5.41) is 14.9. The van der Waals surface area contributed by atoms with Crippen molar-refractivity contribution in [2.75, 3.05) is 13.1 Å². The van der Waals surface area contributed by atoms with Gasteiger partial charge >= 0.3 is 0 Å². The van der Waals surface area contributed by atoms with Gasteiger partial charge in [0.05, 0.1) is 12.6 Å². The maximum atomic E-state index is 11.2. The van der Waals surface area contributed by atoms with Crippen molar-refractivity contribution >= 4 is 5.91 Å². The molecule has 1 fully saturated rings. The number of hydrogen-bond acceptors (Lipinski definition) is 3. The van der Waals surface area contributed by atoms with Gasteiger partial charge in [-0.3, -0.25) is 4.79 Å². The normalized spacial score (nSPS) is 26.0. The van der Waals surface area contributed by atoms with Crippen LogP contribution >= 0.6 is 0 Å². The smallest absolute Gasteiger partial charge is 0.233 e. The molecule has 0 heterocycles. The minimum absolute atomic E-state index is 0.0417. The number of amides is 1. The predicted molar refractivity (Wildman–Crippen MR) is 54.9 cm³/mol. The Hall–Kier alpha value is -0.610. The van der Waals surface area contributed by atoms with Crippen LogP contribution in [0.5, 0.6) is 0 Å². The SMILES string of the molecule is CC(C)NCC(=O)NCC1CC(O)C1. The first-order valence-electron chi connectivity index (χ1n) is 5.26. The van der Waals surface area contributed by atoms with Gasteiger partial charge in [-0.25, -0.2) is 0 Å². The molecule has 0 spiro atoms. The number of aliphatic hydroxyl groups is 1. The van der Waals surface area contributed by atoms with E-state index < -0.39 is 0 Å². The van der Waals surface area contributed by atoms with Crippen molar-refractivity contribution < 1.29 is 9.90 Å². The van der Waals surface area contributed by atoms with Crippen molar-refractivity contribution in [3.05, 3.63) is 0 Å². The number of aliphatic hydroxyl groups excluding tert-OH is 1. The molecule has 0 unspecified atom stereocenters. The summed E-state index contributed by atoms with van der Waals surface area (Å²) in [7, 11) is 0. The molecule has 3 N–H and O–H groups in total. The molecule has 0 radical (unpaired) electrons. The average molecular weight is 200 g/mol. The Balaban J connectivity index is 1.98. The lowest BCUT2D eigenvalue weighted by Crippen LogP contribution is -2.42. The van der Waals surface area contributed by atoms with E-state index in [2.05, 4.69) is 10.6 Å². The first-order valence-corrected chi connectivity index (χ1v) is 5.26. The van der Waals surface area contributed by atoms with Crippen molar-refractivity contribution in [3.63, 3.8) is 0 Å². The second kappa shape index (κ2) is 5.32. The Bertz CT molecular complexity index is 189. The van der Waals surface area contributed by atoms with E-state index in [1.807, 2.05) is 13.8 Å². The van der Waals surface area contributed by atoms with Crippen LogP contribution in [0.1, 0.15) is 26.7 Å². The highest BCUT2D eigenvalue weighted by molar-refractivity contribution is 5.77. The molecule has 0 aliphatic heterocycles. The Kier molecular flexibility index (Phi) is 4.35. The molecule has 0 atom stereocenters. The summed E-state index contributed by atoms with van der Waals surface area (Å²) in [6.07, 6.45) is 1.53. The number of nitrogens with one attached hydrogen (secondary N) is 2. The molecule has 1 rings (SSSR count). The molecule has 0 aromatic rings. The molecule has 14 heavy (non-hydrogen) atoms. The maximum absolute atomic E-state index is 11.2. The fourth-order valence-electron chi connectivity index (χ4n) is 1.48. The summed E-state index contributed by atoms with van der Waals surface area (Å²) in [6.45, 7) is 5.10. The lowest BCUT2D eigenvalue weighted by atomic mass is 9.82. The van der Waals surface area contributed by atoms with Crippen LogP contribution in [0.15, 0.2) is 0 Å². The highest BCUT2D eigenvalue weighted by atomic mass is 16.3. The first-order chi connectivity index (χ1) is 6.58. The minimum atomic E-state index is -0.134. The molecule has 1 amide bonds. The van der Waals surface area contributed by atoms with Gasteiger partial charge in [0.25, 0.3) is 0 Å². The van der Waals surface area contributed by atoms with Gasteiger partial charge in [-0.1, -0.05) is 13.8 Å². The van der Waals surface area contributed by atoms with E-state index in [1.165, 1.54) is 0 Å². The zero-order chi connectivity index (χ0) is 10.6. The van der Waals surface area contributed by atoms with E-state index in [0.717, 1.165) is 12.8 Å². The molecule has 1 aliphatic rings. The predicted octanol–water partition coefficient (Wildman–Crippen LogP) is -0.128. The third-order valence-corrected chi connectivity index (χ3v) is 2.47. The fourth-order valence-corrected chi connectivity index (χ4v) is 1.48. The summed E-state index contributed by atoms with van der Waals surface area (Å²) < 4.78 is 0. The first kappa shape index (κ1) is 11.5. The van der Waals surface area contributed by atoms with Gasteiger partial charge in [0, 0.05) is 12.6 Å². The van der Waals surface area contributed by atoms with Gasteiger partial charge in [-0.05, 0) is 18.8 Å². The van der Waals surface area contributed by atoms with Gasteiger partial charge in [-0.15, -0.1) is 0 Å². The molecule has 0 aromatic carbocycles. The standard InChI is InChI=1S/C10H20N2O2/c1-7(2)11-6-10(14)12-5-8-3-9(13)4-8/h7-9,11,13H,3-6H2,1-2H3,(H,12,14). The fraction of sp³-hybridized carbons (Fsp3) is 0.900. The third-order valence-electron chi connectivity index (χ3n) is 2.47. The third kappa shape index (κ3) is 4.07. The van der Waals surface area contributed by atoms with Gasteiger partial charge in [0.2, 0.25) is 5.91 Å². The Morgan fingerprint density at radius 2 is 2.14 bits per heavy atom. The van der Waals surface area contributed by atoms with Crippen LogP contribution in [0.3, 0.4) is 0 Å². The zero-order valence-corrected chi connectivity index (χ0v) is 8.92. The lowest BCUT2D eigenvalue weighted by Gasteiger charge is -2.31. The van der Waals surface area contributed by atoms with E-state index >= 15 is 0 Å². The highest BCUT2D eigenvalue weighted by Crippen LogP contribution is 2.25. The van der Waals surface area contributed by atoms with E-state index in [1.54, 1.807) is 0 Å². The molecule has 4 heteroatoms. The average Bonchev–Trinajstić information content (AvgIpc) is 2.07. The summed E-state index contributed by atoms with van der Waals surface area (Å²) in [5.41, 5.74) is 0.